The average molecular weight is 288 g/mol. The van der Waals surface area contributed by atoms with Gasteiger partial charge in [0.15, 0.2) is 0 Å². The third-order valence-electron chi connectivity index (χ3n) is 2.07. The zero-order chi connectivity index (χ0) is 14.8. The highest BCUT2D eigenvalue weighted by Crippen LogP contribution is 2.15. The number of benzene rings is 1. The summed E-state index contributed by atoms with van der Waals surface area (Å²) >= 11 is 0. The van der Waals surface area contributed by atoms with Crippen molar-refractivity contribution in [3.05, 3.63) is 29.8 Å². The molecule has 20 heavy (non-hydrogen) atoms. The van der Waals surface area contributed by atoms with Crippen LogP contribution in [-0.4, -0.2) is 37.7 Å². The Morgan fingerprint density at radius 1 is 1.20 bits per heavy atom. The molecule has 0 aliphatic heterocycles. The van der Waals surface area contributed by atoms with E-state index in [-0.39, 0.29) is 19.8 Å². The van der Waals surface area contributed by atoms with Crippen LogP contribution in [-0.2, 0) is 4.74 Å². The molecule has 0 fully saturated rings. The van der Waals surface area contributed by atoms with Crippen LogP contribution in [0.5, 0.6) is 5.75 Å². The molecule has 0 radical (unpaired) electrons. The fraction of sp³-hybridized carbons (Fsp3) is 0.429. The molecule has 1 N–H and O–H groups in total. The van der Waals surface area contributed by atoms with Crippen molar-refractivity contribution in [3.63, 3.8) is 0 Å². The lowest BCUT2D eigenvalue weighted by molar-refractivity contribution is -0.175. The number of aliphatic hydroxyl groups excluding tert-OH is 1. The Balaban J connectivity index is 2.34. The average Bonchev–Trinajstić information content (AvgIpc) is 2.38. The molecule has 1 aromatic carbocycles. The molecule has 0 unspecified atom stereocenters. The summed E-state index contributed by atoms with van der Waals surface area (Å²) in [5.41, 5.74) is 0.715. The van der Waals surface area contributed by atoms with Gasteiger partial charge >= 0.3 is 6.18 Å². The monoisotopic (exact) mass is 288 g/mol. The van der Waals surface area contributed by atoms with Crippen molar-refractivity contribution in [1.82, 2.24) is 0 Å². The Morgan fingerprint density at radius 3 is 2.70 bits per heavy atom. The van der Waals surface area contributed by atoms with Crippen LogP contribution in [0, 0.1) is 11.8 Å². The highest BCUT2D eigenvalue weighted by molar-refractivity contribution is 5.39. The number of hydrogen-bond acceptors (Lipinski definition) is 3. The molecule has 0 atom stereocenters. The van der Waals surface area contributed by atoms with E-state index in [2.05, 4.69) is 16.6 Å². The first-order chi connectivity index (χ1) is 9.51. The largest absolute Gasteiger partial charge is 0.491 e. The molecule has 0 spiro atoms. The fourth-order valence-corrected chi connectivity index (χ4v) is 1.29. The zero-order valence-electron chi connectivity index (χ0n) is 10.7. The molecule has 0 aliphatic rings. The van der Waals surface area contributed by atoms with Crippen molar-refractivity contribution in [1.29, 1.82) is 0 Å². The number of hydrogen-bond donors (Lipinski definition) is 1. The van der Waals surface area contributed by atoms with Crippen molar-refractivity contribution < 1.29 is 27.8 Å². The van der Waals surface area contributed by atoms with Crippen LogP contribution >= 0.6 is 0 Å². The molecular weight excluding hydrogens is 273 g/mol. The third-order valence-corrected chi connectivity index (χ3v) is 2.07. The maximum atomic E-state index is 11.8. The van der Waals surface area contributed by atoms with Crippen molar-refractivity contribution in [3.8, 4) is 17.6 Å². The maximum Gasteiger partial charge on any atom is 0.411 e. The van der Waals surface area contributed by atoms with Gasteiger partial charge in [-0.15, -0.1) is 0 Å². The number of halogens is 3. The van der Waals surface area contributed by atoms with E-state index in [0.29, 0.717) is 17.7 Å². The van der Waals surface area contributed by atoms with Crippen molar-refractivity contribution >= 4 is 0 Å². The first-order valence-electron chi connectivity index (χ1n) is 5.98. The minimum Gasteiger partial charge on any atom is -0.491 e. The van der Waals surface area contributed by atoms with Crippen LogP contribution in [0.2, 0.25) is 0 Å². The summed E-state index contributed by atoms with van der Waals surface area (Å²) in [6, 6.07) is 6.86. The number of alkyl halides is 3. The lowest BCUT2D eigenvalue weighted by Crippen LogP contribution is -2.19. The van der Waals surface area contributed by atoms with Gasteiger partial charge in [-0.3, -0.25) is 0 Å². The van der Waals surface area contributed by atoms with Crippen LogP contribution < -0.4 is 4.74 Å². The van der Waals surface area contributed by atoms with E-state index in [4.69, 9.17) is 9.84 Å². The zero-order valence-corrected chi connectivity index (χ0v) is 10.7. The highest BCUT2D eigenvalue weighted by Gasteiger charge is 2.27. The summed E-state index contributed by atoms with van der Waals surface area (Å²) in [5.74, 6) is 6.11. The molecule has 1 rings (SSSR count). The fourth-order valence-electron chi connectivity index (χ4n) is 1.29. The van der Waals surface area contributed by atoms with Crippen LogP contribution in [0.15, 0.2) is 24.3 Å². The normalized spacial score (nSPS) is 10.8. The van der Waals surface area contributed by atoms with E-state index < -0.39 is 12.8 Å². The SMILES string of the molecule is OCCC#Cc1cccc(OCCOCC(F)(F)F)c1. The van der Waals surface area contributed by atoms with E-state index in [1.807, 2.05) is 0 Å². The van der Waals surface area contributed by atoms with Gasteiger partial charge in [-0.25, -0.2) is 0 Å². The van der Waals surface area contributed by atoms with Gasteiger partial charge in [-0.05, 0) is 18.2 Å². The van der Waals surface area contributed by atoms with E-state index in [9.17, 15) is 13.2 Å². The van der Waals surface area contributed by atoms with Gasteiger partial charge in [0.2, 0.25) is 0 Å². The second-order valence-corrected chi connectivity index (χ2v) is 3.82. The molecular formula is C14H15F3O3. The Bertz CT molecular complexity index is 461. The van der Waals surface area contributed by atoms with Crippen molar-refractivity contribution in [2.24, 2.45) is 0 Å². The predicted molar refractivity (Wildman–Crippen MR) is 67.4 cm³/mol. The first-order valence-corrected chi connectivity index (χ1v) is 5.98. The quantitative estimate of drug-likeness (QED) is 0.645. The number of aliphatic hydroxyl groups is 1. The topological polar surface area (TPSA) is 38.7 Å². The molecule has 0 aromatic heterocycles. The smallest absolute Gasteiger partial charge is 0.411 e. The molecule has 0 saturated heterocycles. The third kappa shape index (κ3) is 7.67. The van der Waals surface area contributed by atoms with Gasteiger partial charge in [-0.1, -0.05) is 17.9 Å². The van der Waals surface area contributed by atoms with Gasteiger partial charge in [0.1, 0.15) is 19.0 Å². The van der Waals surface area contributed by atoms with Crippen LogP contribution in [0.1, 0.15) is 12.0 Å². The van der Waals surface area contributed by atoms with Gasteiger partial charge in [0.25, 0.3) is 0 Å². The van der Waals surface area contributed by atoms with E-state index in [1.54, 1.807) is 24.3 Å². The Kier molecular flexibility index (Phi) is 6.91. The molecule has 1 aromatic rings. The molecule has 110 valence electrons. The number of ether oxygens (including phenoxy) is 2. The second kappa shape index (κ2) is 8.46. The summed E-state index contributed by atoms with van der Waals surface area (Å²) in [6.45, 7) is -1.38. The minimum atomic E-state index is -4.32. The van der Waals surface area contributed by atoms with E-state index in [1.165, 1.54) is 0 Å². The standard InChI is InChI=1S/C14H15F3O3/c15-14(16,17)11-19-8-9-20-13-6-3-5-12(10-13)4-1-2-7-18/h3,5-6,10,18H,2,7-9,11H2. The summed E-state index contributed by atoms with van der Waals surface area (Å²) < 4.78 is 45.1. The summed E-state index contributed by atoms with van der Waals surface area (Å²) in [7, 11) is 0. The maximum absolute atomic E-state index is 11.8. The van der Waals surface area contributed by atoms with Gasteiger partial charge < -0.3 is 14.6 Å². The number of rotatable bonds is 6. The molecule has 0 heterocycles. The lowest BCUT2D eigenvalue weighted by atomic mass is 10.2. The van der Waals surface area contributed by atoms with Crippen LogP contribution in [0.4, 0.5) is 13.2 Å². The molecule has 0 saturated carbocycles. The van der Waals surface area contributed by atoms with Crippen LogP contribution in [0.25, 0.3) is 0 Å². The van der Waals surface area contributed by atoms with Gasteiger partial charge in [-0.2, -0.15) is 13.2 Å². The second-order valence-electron chi connectivity index (χ2n) is 3.82. The highest BCUT2D eigenvalue weighted by atomic mass is 19.4. The molecule has 0 amide bonds. The van der Waals surface area contributed by atoms with Crippen molar-refractivity contribution in [2.75, 3.05) is 26.4 Å². The van der Waals surface area contributed by atoms with E-state index in [0.717, 1.165) is 0 Å². The molecule has 0 bridgehead atoms. The summed E-state index contributed by atoms with van der Waals surface area (Å²) in [6.07, 6.45) is -3.93. The van der Waals surface area contributed by atoms with Crippen LogP contribution in [0.3, 0.4) is 0 Å². The molecule has 0 aliphatic carbocycles. The van der Waals surface area contributed by atoms with Gasteiger partial charge in [0, 0.05) is 12.0 Å². The Labute approximate surface area is 115 Å². The first kappa shape index (κ1) is 16.3. The molecule has 3 nitrogen and oxygen atoms in total. The predicted octanol–water partition coefficient (Wildman–Crippen LogP) is 2.38. The molecule has 6 heteroatoms. The Hall–Kier alpha value is -1.71. The summed E-state index contributed by atoms with van der Waals surface area (Å²) in [4.78, 5) is 0. The Morgan fingerprint density at radius 2 is 2.00 bits per heavy atom. The van der Waals surface area contributed by atoms with Crippen molar-refractivity contribution in [2.45, 2.75) is 12.6 Å². The minimum absolute atomic E-state index is 0.000263. The lowest BCUT2D eigenvalue weighted by Gasteiger charge is -2.09. The van der Waals surface area contributed by atoms with E-state index >= 15 is 0 Å². The summed E-state index contributed by atoms with van der Waals surface area (Å²) in [5, 5.41) is 8.60. The van der Waals surface area contributed by atoms with Gasteiger partial charge in [0.05, 0.1) is 13.2 Å².